The second-order valence-electron chi connectivity index (χ2n) is 19.0. The Morgan fingerprint density at radius 1 is 0.492 bits per heavy atom. The molecule has 0 spiro atoms. The third-order valence-corrected chi connectivity index (χ3v) is 13.2. The molecule has 1 aliphatic heterocycles. The number of rotatable bonds is 46. The Kier molecular flexibility index (Phi) is 41.1. The summed E-state index contributed by atoms with van der Waals surface area (Å²) in [4.78, 5) is 13.0. The van der Waals surface area contributed by atoms with Crippen molar-refractivity contribution in [3.8, 4) is 0 Å². The van der Waals surface area contributed by atoms with Crippen LogP contribution in [0.1, 0.15) is 271 Å². The van der Waals surface area contributed by atoms with Gasteiger partial charge in [-0.3, -0.25) is 4.79 Å². The Bertz CT molecular complexity index is 924. The summed E-state index contributed by atoms with van der Waals surface area (Å²) in [5, 5.41) is 54.4. The van der Waals surface area contributed by atoms with Crippen molar-refractivity contribution >= 4 is 5.91 Å². The molecule has 0 aromatic heterocycles. The fourth-order valence-electron chi connectivity index (χ4n) is 8.93. The Labute approximate surface area is 376 Å². The van der Waals surface area contributed by atoms with Crippen molar-refractivity contribution in [1.82, 2.24) is 5.32 Å². The highest BCUT2D eigenvalue weighted by Gasteiger charge is 2.44. The maximum Gasteiger partial charge on any atom is 0.220 e. The van der Waals surface area contributed by atoms with Crippen LogP contribution in [0.4, 0.5) is 0 Å². The molecule has 0 aromatic carbocycles. The number of ether oxygens (including phenoxy) is 2. The van der Waals surface area contributed by atoms with Gasteiger partial charge in [0.25, 0.3) is 0 Å². The fraction of sp³-hybridized carbons (Fsp3) is 0.981. The smallest absolute Gasteiger partial charge is 0.220 e. The topological polar surface area (TPSA) is 149 Å². The lowest BCUT2D eigenvalue weighted by atomic mass is 9.99. The van der Waals surface area contributed by atoms with Gasteiger partial charge in [0.15, 0.2) is 6.29 Å². The molecular weight excluding hydrogens is 767 g/mol. The second-order valence-corrected chi connectivity index (χ2v) is 19.0. The predicted molar refractivity (Wildman–Crippen MR) is 254 cm³/mol. The van der Waals surface area contributed by atoms with Crippen LogP contribution in [-0.4, -0.2) is 87.5 Å². The summed E-state index contributed by atoms with van der Waals surface area (Å²) >= 11 is 0. The Hall–Kier alpha value is -0.810. The van der Waals surface area contributed by atoms with E-state index in [4.69, 9.17) is 9.47 Å². The molecule has 0 aromatic rings. The average Bonchev–Trinajstić information content (AvgIpc) is 3.26. The molecule has 1 heterocycles. The van der Waals surface area contributed by atoms with E-state index in [-0.39, 0.29) is 12.5 Å². The summed E-state index contributed by atoms with van der Waals surface area (Å²) in [5.41, 5.74) is 0. The third-order valence-electron chi connectivity index (χ3n) is 13.2. The minimum atomic E-state index is -1.55. The number of carbonyl (C=O) groups excluding carboxylic acids is 1. The zero-order chi connectivity index (χ0) is 44.4. The van der Waals surface area contributed by atoms with Crippen molar-refractivity contribution in [1.29, 1.82) is 0 Å². The van der Waals surface area contributed by atoms with Gasteiger partial charge >= 0.3 is 0 Å². The molecule has 7 unspecified atom stereocenters. The van der Waals surface area contributed by atoms with Crippen molar-refractivity contribution in [2.45, 2.75) is 314 Å². The van der Waals surface area contributed by atoms with E-state index in [0.717, 1.165) is 38.5 Å². The van der Waals surface area contributed by atoms with E-state index < -0.39 is 49.5 Å². The summed E-state index contributed by atoms with van der Waals surface area (Å²) in [7, 11) is 0. The number of hydrogen-bond donors (Lipinski definition) is 6. The summed E-state index contributed by atoms with van der Waals surface area (Å²) in [6.45, 7) is 3.85. The van der Waals surface area contributed by atoms with Gasteiger partial charge in [0.05, 0.1) is 25.4 Å². The minimum absolute atomic E-state index is 0.132. The maximum atomic E-state index is 13.0. The maximum absolute atomic E-state index is 13.0. The molecule has 7 atom stereocenters. The molecule has 0 aliphatic carbocycles. The highest BCUT2D eigenvalue weighted by Crippen LogP contribution is 2.23. The minimum Gasteiger partial charge on any atom is -0.394 e. The van der Waals surface area contributed by atoms with Gasteiger partial charge in [0.2, 0.25) is 5.91 Å². The molecule has 1 saturated heterocycles. The molecule has 1 amide bonds. The molecule has 0 radical (unpaired) electrons. The van der Waals surface area contributed by atoms with Gasteiger partial charge < -0.3 is 40.3 Å². The lowest BCUT2D eigenvalue weighted by Gasteiger charge is -2.40. The van der Waals surface area contributed by atoms with Crippen LogP contribution in [-0.2, 0) is 14.3 Å². The Balaban J connectivity index is 2.13. The largest absolute Gasteiger partial charge is 0.394 e. The third kappa shape index (κ3) is 33.3. The number of hydrogen-bond acceptors (Lipinski definition) is 8. The number of aliphatic hydroxyl groups excluding tert-OH is 5. The molecule has 1 rings (SSSR count). The van der Waals surface area contributed by atoms with E-state index in [9.17, 15) is 30.3 Å². The standard InChI is InChI=1S/C52H103NO8/c1-3-5-7-9-11-13-15-16-17-18-19-20-21-22-23-24-25-26-27-28-29-30-32-34-36-38-40-42-48(56)53-45(44-60-52-51(59)50(58)49(57)47(43-54)61-52)46(55)41-39-37-35-33-31-14-12-10-8-6-4-2/h45-47,49-52,54-55,57-59H,3-44H2,1-2H3,(H,53,56). The van der Waals surface area contributed by atoms with E-state index in [1.54, 1.807) is 0 Å². The van der Waals surface area contributed by atoms with Crippen LogP contribution >= 0.6 is 0 Å². The summed E-state index contributed by atoms with van der Waals surface area (Å²) in [5.74, 6) is -0.139. The number of amides is 1. The fourth-order valence-corrected chi connectivity index (χ4v) is 8.93. The molecule has 0 bridgehead atoms. The Morgan fingerprint density at radius 3 is 1.16 bits per heavy atom. The van der Waals surface area contributed by atoms with Crippen LogP contribution in [0, 0.1) is 0 Å². The van der Waals surface area contributed by atoms with Crippen molar-refractivity contribution in [3.05, 3.63) is 0 Å². The van der Waals surface area contributed by atoms with Gasteiger partial charge in [0, 0.05) is 6.42 Å². The van der Waals surface area contributed by atoms with Crippen LogP contribution in [0.25, 0.3) is 0 Å². The molecule has 1 fully saturated rings. The predicted octanol–water partition coefficient (Wildman–Crippen LogP) is 12.3. The normalized spacial score (nSPS) is 20.3. The first-order valence-electron chi connectivity index (χ1n) is 26.7. The summed E-state index contributed by atoms with van der Waals surface area (Å²) < 4.78 is 11.3. The average molecular weight is 870 g/mol. The number of carbonyl (C=O) groups is 1. The first kappa shape index (κ1) is 58.2. The van der Waals surface area contributed by atoms with Crippen molar-refractivity contribution in [2.75, 3.05) is 13.2 Å². The van der Waals surface area contributed by atoms with Crippen molar-refractivity contribution < 1.29 is 39.8 Å². The van der Waals surface area contributed by atoms with Crippen LogP contribution in [0.3, 0.4) is 0 Å². The molecule has 0 saturated carbocycles. The van der Waals surface area contributed by atoms with Crippen LogP contribution in [0.2, 0.25) is 0 Å². The van der Waals surface area contributed by atoms with Gasteiger partial charge in [-0.15, -0.1) is 0 Å². The summed E-state index contributed by atoms with van der Waals surface area (Å²) in [6, 6.07) is -0.711. The van der Waals surface area contributed by atoms with E-state index in [2.05, 4.69) is 19.2 Å². The molecule has 9 nitrogen and oxygen atoms in total. The molecule has 61 heavy (non-hydrogen) atoms. The van der Waals surface area contributed by atoms with E-state index in [0.29, 0.717) is 12.8 Å². The van der Waals surface area contributed by atoms with Crippen LogP contribution in [0.5, 0.6) is 0 Å². The molecule has 9 heteroatoms. The lowest BCUT2D eigenvalue weighted by Crippen LogP contribution is -2.60. The van der Waals surface area contributed by atoms with Gasteiger partial charge in [-0.1, -0.05) is 251 Å². The number of aliphatic hydroxyl groups is 5. The zero-order valence-corrected chi connectivity index (χ0v) is 40.2. The highest BCUT2D eigenvalue weighted by molar-refractivity contribution is 5.76. The monoisotopic (exact) mass is 870 g/mol. The van der Waals surface area contributed by atoms with Gasteiger partial charge in [0.1, 0.15) is 24.4 Å². The zero-order valence-electron chi connectivity index (χ0n) is 40.2. The van der Waals surface area contributed by atoms with Gasteiger partial charge in [-0.05, 0) is 12.8 Å². The summed E-state index contributed by atoms with van der Waals surface area (Å²) in [6.07, 6.45) is 42.8. The number of unbranched alkanes of at least 4 members (excludes halogenated alkanes) is 36. The number of nitrogens with one attached hydrogen (secondary N) is 1. The quantitative estimate of drug-likeness (QED) is 0.0331. The van der Waals surface area contributed by atoms with Gasteiger partial charge in [-0.2, -0.15) is 0 Å². The van der Waals surface area contributed by atoms with Gasteiger partial charge in [-0.25, -0.2) is 0 Å². The van der Waals surface area contributed by atoms with Crippen molar-refractivity contribution in [3.63, 3.8) is 0 Å². The van der Waals surface area contributed by atoms with Crippen LogP contribution in [0.15, 0.2) is 0 Å². The SMILES string of the molecule is CCCCCCCCCCCCCCCCCCCCCCCCCCCCCC(=O)NC(COC1OC(CO)C(O)C(O)C1O)C(O)CCCCCCCCCCCCC. The molecule has 6 N–H and O–H groups in total. The Morgan fingerprint density at radius 2 is 0.820 bits per heavy atom. The molecule has 1 aliphatic rings. The first-order chi connectivity index (χ1) is 29.8. The first-order valence-corrected chi connectivity index (χ1v) is 26.7. The highest BCUT2D eigenvalue weighted by atomic mass is 16.7. The van der Waals surface area contributed by atoms with E-state index >= 15 is 0 Å². The van der Waals surface area contributed by atoms with Crippen molar-refractivity contribution in [2.24, 2.45) is 0 Å². The van der Waals surface area contributed by atoms with E-state index in [1.807, 2.05) is 0 Å². The second kappa shape index (κ2) is 43.1. The molecular formula is C52H103NO8. The molecule has 364 valence electrons. The lowest BCUT2D eigenvalue weighted by molar-refractivity contribution is -0.302. The van der Waals surface area contributed by atoms with E-state index in [1.165, 1.54) is 205 Å². The van der Waals surface area contributed by atoms with Crippen LogP contribution < -0.4 is 5.32 Å².